The normalized spacial score (nSPS) is 10.9. The Kier molecular flexibility index (Phi) is 11.4. The van der Waals surface area contributed by atoms with Crippen LogP contribution in [-0.2, 0) is 32.1 Å². The molecule has 0 bridgehead atoms. The highest BCUT2D eigenvalue weighted by molar-refractivity contribution is 5.87. The van der Waals surface area contributed by atoms with Crippen molar-refractivity contribution in [3.63, 3.8) is 0 Å². The lowest BCUT2D eigenvalue weighted by molar-refractivity contribution is -0.146. The van der Waals surface area contributed by atoms with E-state index in [9.17, 15) is 14.4 Å². The minimum atomic E-state index is -0.416. The van der Waals surface area contributed by atoms with Crippen molar-refractivity contribution in [2.45, 2.75) is 46.6 Å². The molecule has 1 aromatic heterocycles. The second kappa shape index (κ2) is 15.0. The first kappa shape index (κ1) is 30.5. The first-order chi connectivity index (χ1) is 19.2. The number of fused-ring (bicyclic) bond motifs is 1. The fourth-order valence-electron chi connectivity index (χ4n) is 4.64. The molecule has 0 atom stereocenters. The summed E-state index contributed by atoms with van der Waals surface area (Å²) in [6, 6.07) is 13.7. The molecule has 0 unspecified atom stereocenters. The Morgan fingerprint density at radius 3 is 2.38 bits per heavy atom. The van der Waals surface area contributed by atoms with Crippen LogP contribution < -0.4 is 9.47 Å². The third-order valence-corrected chi connectivity index (χ3v) is 6.61. The van der Waals surface area contributed by atoms with E-state index in [0.717, 1.165) is 22.0 Å². The van der Waals surface area contributed by atoms with Crippen molar-refractivity contribution < 1.29 is 28.6 Å². The average molecular weight is 552 g/mol. The number of carbonyl (C=O) groups is 3. The highest BCUT2D eigenvalue weighted by Crippen LogP contribution is 2.28. The van der Waals surface area contributed by atoms with E-state index < -0.39 is 5.97 Å². The number of carbonyl (C=O) groups excluding carboxylic acids is 3. The summed E-state index contributed by atoms with van der Waals surface area (Å²) in [6.07, 6.45) is 2.62. The van der Waals surface area contributed by atoms with Gasteiger partial charge in [-0.2, -0.15) is 0 Å². The van der Waals surface area contributed by atoms with Crippen LogP contribution in [0.5, 0.6) is 11.5 Å². The molecule has 9 nitrogen and oxygen atoms in total. The molecule has 1 N–H and O–H groups in total. The van der Waals surface area contributed by atoms with E-state index in [-0.39, 0.29) is 43.7 Å². The van der Waals surface area contributed by atoms with Gasteiger partial charge in [-0.1, -0.05) is 38.1 Å². The van der Waals surface area contributed by atoms with Crippen LogP contribution in [0.1, 0.15) is 44.7 Å². The van der Waals surface area contributed by atoms with E-state index in [1.54, 1.807) is 30.9 Å². The molecule has 0 spiro atoms. The molecule has 9 heteroatoms. The summed E-state index contributed by atoms with van der Waals surface area (Å²) in [4.78, 5) is 45.3. The smallest absolute Gasteiger partial charge is 0.306 e. The monoisotopic (exact) mass is 551 g/mol. The summed E-state index contributed by atoms with van der Waals surface area (Å²) in [5, 5.41) is 1.12. The average Bonchev–Trinajstić information content (AvgIpc) is 3.36. The van der Waals surface area contributed by atoms with Crippen molar-refractivity contribution >= 4 is 28.7 Å². The second-order valence-corrected chi connectivity index (χ2v) is 10.1. The lowest BCUT2D eigenvalue weighted by Crippen LogP contribution is -2.44. The maximum absolute atomic E-state index is 13.8. The van der Waals surface area contributed by atoms with E-state index in [1.807, 2.05) is 56.4 Å². The zero-order chi connectivity index (χ0) is 29.1. The Balaban J connectivity index is 1.81. The zero-order valence-corrected chi connectivity index (χ0v) is 24.2. The number of rotatable bonds is 15. The molecule has 0 aliphatic rings. The molecular formula is C31H41N3O6. The lowest BCUT2D eigenvalue weighted by atomic mass is 10.1. The third kappa shape index (κ3) is 8.49. The summed E-state index contributed by atoms with van der Waals surface area (Å²) in [5.41, 5.74) is 3.05. The fraction of sp³-hybridized carbons (Fsp3) is 0.452. The van der Waals surface area contributed by atoms with E-state index in [4.69, 9.17) is 14.2 Å². The van der Waals surface area contributed by atoms with Crippen molar-refractivity contribution in [2.75, 3.05) is 40.5 Å². The lowest BCUT2D eigenvalue weighted by Gasteiger charge is -2.29. The number of ether oxygens (including phenoxy) is 3. The third-order valence-electron chi connectivity index (χ3n) is 6.61. The van der Waals surface area contributed by atoms with Crippen LogP contribution in [0.4, 0.5) is 0 Å². The van der Waals surface area contributed by atoms with Crippen molar-refractivity contribution in [1.29, 1.82) is 0 Å². The molecule has 0 fully saturated rings. The molecule has 2 amide bonds. The number of esters is 1. The highest BCUT2D eigenvalue weighted by Gasteiger charge is 2.23. The number of aromatic amines is 1. The van der Waals surface area contributed by atoms with Crippen LogP contribution in [0.3, 0.4) is 0 Å². The number of H-pyrrole nitrogens is 1. The number of nitrogens with zero attached hydrogens (tertiary/aromatic N) is 2. The first-order valence-electron chi connectivity index (χ1n) is 13.7. The van der Waals surface area contributed by atoms with Gasteiger partial charge in [-0.3, -0.25) is 14.4 Å². The summed E-state index contributed by atoms with van der Waals surface area (Å²) in [6.45, 7) is 7.13. The van der Waals surface area contributed by atoms with Crippen LogP contribution >= 0.6 is 0 Å². The number of benzene rings is 2. The van der Waals surface area contributed by atoms with Crippen molar-refractivity contribution in [3.8, 4) is 11.5 Å². The van der Waals surface area contributed by atoms with Gasteiger partial charge in [0, 0.05) is 43.2 Å². The van der Waals surface area contributed by atoms with Crippen LogP contribution in [-0.4, -0.2) is 73.0 Å². The van der Waals surface area contributed by atoms with Crippen LogP contribution in [0.25, 0.3) is 10.9 Å². The summed E-state index contributed by atoms with van der Waals surface area (Å²) in [5.74, 6) is 0.528. The van der Waals surface area contributed by atoms with Gasteiger partial charge in [0.1, 0.15) is 0 Å². The predicted octanol–water partition coefficient (Wildman–Crippen LogP) is 4.58. The number of amides is 2. The van der Waals surface area contributed by atoms with Gasteiger partial charge in [0.15, 0.2) is 11.5 Å². The van der Waals surface area contributed by atoms with Gasteiger partial charge in [-0.05, 0) is 48.6 Å². The van der Waals surface area contributed by atoms with E-state index in [1.165, 1.54) is 0 Å². The number of hydrogen-bond acceptors (Lipinski definition) is 6. The second-order valence-electron chi connectivity index (χ2n) is 10.1. The largest absolute Gasteiger partial charge is 0.493 e. The summed E-state index contributed by atoms with van der Waals surface area (Å²) in [7, 11) is 3.16. The van der Waals surface area contributed by atoms with Gasteiger partial charge in [0.2, 0.25) is 11.8 Å². The van der Waals surface area contributed by atoms with Gasteiger partial charge in [0.05, 0.1) is 33.8 Å². The van der Waals surface area contributed by atoms with Crippen molar-refractivity contribution in [3.05, 3.63) is 59.8 Å². The van der Waals surface area contributed by atoms with Crippen molar-refractivity contribution in [1.82, 2.24) is 14.8 Å². The van der Waals surface area contributed by atoms with Gasteiger partial charge in [-0.15, -0.1) is 0 Å². The molecule has 3 rings (SSSR count). The Bertz CT molecular complexity index is 1290. The predicted molar refractivity (Wildman–Crippen MR) is 154 cm³/mol. The Morgan fingerprint density at radius 1 is 0.925 bits per heavy atom. The summed E-state index contributed by atoms with van der Waals surface area (Å²) >= 11 is 0. The van der Waals surface area contributed by atoms with E-state index in [2.05, 4.69) is 11.1 Å². The molecule has 216 valence electrons. The van der Waals surface area contributed by atoms with E-state index in [0.29, 0.717) is 37.6 Å². The molecule has 0 aliphatic carbocycles. The molecule has 1 heterocycles. The molecule has 0 saturated carbocycles. The summed E-state index contributed by atoms with van der Waals surface area (Å²) < 4.78 is 15.8. The van der Waals surface area contributed by atoms with Crippen LogP contribution in [0.15, 0.2) is 48.7 Å². The quantitative estimate of drug-likeness (QED) is 0.278. The maximum atomic E-state index is 13.8. The molecule has 2 aromatic carbocycles. The number of para-hydroxylation sites is 1. The van der Waals surface area contributed by atoms with Crippen molar-refractivity contribution in [2.24, 2.45) is 5.92 Å². The minimum Gasteiger partial charge on any atom is -0.493 e. The van der Waals surface area contributed by atoms with Gasteiger partial charge >= 0.3 is 5.97 Å². The van der Waals surface area contributed by atoms with Gasteiger partial charge in [-0.25, -0.2) is 0 Å². The maximum Gasteiger partial charge on any atom is 0.306 e. The number of hydrogen-bond donors (Lipinski definition) is 1. The molecule has 0 radical (unpaired) electrons. The highest BCUT2D eigenvalue weighted by atomic mass is 16.5. The fourth-order valence-corrected chi connectivity index (χ4v) is 4.64. The Morgan fingerprint density at radius 2 is 1.68 bits per heavy atom. The topological polar surface area (TPSA) is 101 Å². The Labute approximate surface area is 236 Å². The molecular weight excluding hydrogens is 510 g/mol. The Hall–Kier alpha value is -4.01. The standard InChI is InChI=1S/C31H41N3O6/c1-6-40-31(37)14-13-29(35)34(19-22(2)3)21-30(36)33(20-23-11-12-27(38-4)28(17-23)39-5)16-15-24-18-32-26-10-8-7-9-25(24)26/h7-12,17-18,22,32H,6,13-16,19-21H2,1-5H3. The molecule has 3 aromatic rings. The van der Waals surface area contributed by atoms with Crippen LogP contribution in [0.2, 0.25) is 0 Å². The number of nitrogens with one attached hydrogen (secondary N) is 1. The first-order valence-corrected chi connectivity index (χ1v) is 13.7. The number of methoxy groups -OCH3 is 2. The van der Waals surface area contributed by atoms with Gasteiger partial charge < -0.3 is 29.0 Å². The minimum absolute atomic E-state index is 0.00382. The molecule has 0 aliphatic heterocycles. The van der Waals surface area contributed by atoms with E-state index >= 15 is 0 Å². The SMILES string of the molecule is CCOC(=O)CCC(=O)N(CC(=O)N(CCc1c[nH]c2ccccc12)Cc1ccc(OC)c(OC)c1)CC(C)C. The molecule has 0 saturated heterocycles. The molecule has 40 heavy (non-hydrogen) atoms. The zero-order valence-electron chi connectivity index (χ0n) is 24.2. The van der Waals surface area contributed by atoms with Gasteiger partial charge in [0.25, 0.3) is 0 Å². The van der Waals surface area contributed by atoms with Crippen LogP contribution in [0, 0.1) is 5.92 Å². The number of aromatic nitrogens is 1.